The number of carbonyl (C=O) groups is 1. The number of carboxylic acids is 1. The first-order valence-corrected chi connectivity index (χ1v) is 6.16. The lowest BCUT2D eigenvalue weighted by molar-refractivity contribution is 0.0697. The third-order valence-corrected chi connectivity index (χ3v) is 3.43. The maximum absolute atomic E-state index is 10.9. The molecule has 86 valence electrons. The molecule has 0 aliphatic heterocycles. The second kappa shape index (κ2) is 5.97. The van der Waals surface area contributed by atoms with Crippen LogP contribution in [0.2, 0.25) is 5.02 Å². The fourth-order valence-electron chi connectivity index (χ4n) is 1.09. The van der Waals surface area contributed by atoms with Gasteiger partial charge < -0.3 is 5.11 Å². The van der Waals surface area contributed by atoms with Crippen molar-refractivity contribution in [2.75, 3.05) is 5.75 Å². The van der Waals surface area contributed by atoms with Crippen LogP contribution in [-0.2, 0) is 0 Å². The molecule has 4 heteroatoms. The summed E-state index contributed by atoms with van der Waals surface area (Å²) in [5.41, 5.74) is 1.39. The van der Waals surface area contributed by atoms with Gasteiger partial charge in [-0.25, -0.2) is 4.79 Å². The second-order valence-corrected chi connectivity index (χ2v) is 4.96. The Bertz CT molecular complexity index is 423. The quantitative estimate of drug-likeness (QED) is 0.651. The molecule has 0 saturated heterocycles. The van der Waals surface area contributed by atoms with Gasteiger partial charge in [-0.15, -0.1) is 11.8 Å². The zero-order valence-corrected chi connectivity index (χ0v) is 10.7. The van der Waals surface area contributed by atoms with Gasteiger partial charge in [-0.05, 0) is 26.0 Å². The van der Waals surface area contributed by atoms with Gasteiger partial charge in [0.15, 0.2) is 0 Å². The number of carboxylic acid groups (broad SMARTS) is 1. The summed E-state index contributed by atoms with van der Waals surface area (Å²) in [6, 6.07) is 5.05. The molecule has 1 aromatic carbocycles. The first kappa shape index (κ1) is 13.1. The Balaban J connectivity index is 2.85. The first-order chi connectivity index (χ1) is 7.52. The van der Waals surface area contributed by atoms with Crippen molar-refractivity contribution >= 4 is 29.3 Å². The highest BCUT2D eigenvalue weighted by molar-refractivity contribution is 7.99. The number of thioether (sulfide) groups is 1. The molecule has 0 radical (unpaired) electrons. The Labute approximate surface area is 104 Å². The first-order valence-electron chi connectivity index (χ1n) is 4.80. The Kier molecular flexibility index (Phi) is 4.90. The van der Waals surface area contributed by atoms with E-state index in [9.17, 15) is 4.79 Å². The van der Waals surface area contributed by atoms with Crippen molar-refractivity contribution in [3.8, 4) is 0 Å². The van der Waals surface area contributed by atoms with Crippen molar-refractivity contribution < 1.29 is 9.90 Å². The normalized spacial score (nSPS) is 9.94. The Morgan fingerprint density at radius 2 is 2.19 bits per heavy atom. The minimum absolute atomic E-state index is 0.156. The highest BCUT2D eigenvalue weighted by Crippen LogP contribution is 2.30. The van der Waals surface area contributed by atoms with Gasteiger partial charge in [0.2, 0.25) is 0 Å². The van der Waals surface area contributed by atoms with Gasteiger partial charge in [-0.1, -0.05) is 29.3 Å². The maximum Gasteiger partial charge on any atom is 0.337 e. The number of aromatic carboxylic acids is 1. The van der Waals surface area contributed by atoms with E-state index in [0.29, 0.717) is 5.02 Å². The lowest BCUT2D eigenvalue weighted by atomic mass is 10.2. The van der Waals surface area contributed by atoms with Crippen LogP contribution in [0.15, 0.2) is 34.7 Å². The third-order valence-electron chi connectivity index (χ3n) is 1.92. The number of allylic oxidation sites excluding steroid dienone is 1. The van der Waals surface area contributed by atoms with E-state index in [1.165, 1.54) is 23.4 Å². The topological polar surface area (TPSA) is 37.3 Å². The lowest BCUT2D eigenvalue weighted by Gasteiger charge is -2.05. The van der Waals surface area contributed by atoms with Crippen LogP contribution >= 0.6 is 23.4 Å². The van der Waals surface area contributed by atoms with Gasteiger partial charge in [-0.2, -0.15) is 0 Å². The molecule has 2 nitrogen and oxygen atoms in total. The van der Waals surface area contributed by atoms with Gasteiger partial charge >= 0.3 is 5.97 Å². The van der Waals surface area contributed by atoms with Crippen LogP contribution in [0.25, 0.3) is 0 Å². The molecule has 0 heterocycles. The number of halogens is 1. The Morgan fingerprint density at radius 3 is 2.75 bits per heavy atom. The summed E-state index contributed by atoms with van der Waals surface area (Å²) < 4.78 is 0. The molecule has 0 unspecified atom stereocenters. The van der Waals surface area contributed by atoms with Crippen molar-refractivity contribution in [3.05, 3.63) is 40.4 Å². The van der Waals surface area contributed by atoms with Crippen LogP contribution in [0.3, 0.4) is 0 Å². The average Bonchev–Trinajstić information content (AvgIpc) is 2.19. The monoisotopic (exact) mass is 256 g/mol. The number of hydrogen-bond donors (Lipinski definition) is 1. The molecule has 0 saturated carbocycles. The molecule has 0 aliphatic rings. The minimum atomic E-state index is -0.991. The molecule has 1 aromatic rings. The zero-order valence-electron chi connectivity index (χ0n) is 9.16. The van der Waals surface area contributed by atoms with Crippen molar-refractivity contribution in [1.82, 2.24) is 0 Å². The molecule has 0 aromatic heterocycles. The summed E-state index contributed by atoms with van der Waals surface area (Å²) >= 11 is 7.53. The molecule has 0 bridgehead atoms. The van der Waals surface area contributed by atoms with Gasteiger partial charge in [0, 0.05) is 10.6 Å². The smallest absolute Gasteiger partial charge is 0.337 e. The van der Waals surface area contributed by atoms with Crippen LogP contribution in [-0.4, -0.2) is 16.8 Å². The van der Waals surface area contributed by atoms with E-state index in [0.717, 1.165) is 10.6 Å². The van der Waals surface area contributed by atoms with Gasteiger partial charge in [0.1, 0.15) is 0 Å². The largest absolute Gasteiger partial charge is 0.478 e. The molecule has 1 N–H and O–H groups in total. The summed E-state index contributed by atoms with van der Waals surface area (Å²) in [5, 5.41) is 9.22. The van der Waals surface area contributed by atoms with Gasteiger partial charge in [0.05, 0.1) is 10.6 Å². The molecule has 16 heavy (non-hydrogen) atoms. The highest BCUT2D eigenvalue weighted by atomic mass is 35.5. The van der Waals surface area contributed by atoms with Crippen molar-refractivity contribution in [3.63, 3.8) is 0 Å². The minimum Gasteiger partial charge on any atom is -0.478 e. The third kappa shape index (κ3) is 3.58. The number of rotatable bonds is 4. The van der Waals surface area contributed by atoms with Crippen molar-refractivity contribution in [2.24, 2.45) is 0 Å². The molecule has 0 fully saturated rings. The summed E-state index contributed by atoms with van der Waals surface area (Å²) in [6.07, 6.45) is 2.08. The standard InChI is InChI=1S/C12H13ClO2S/c1-8(2)6-7-16-10-5-3-4-9(11(10)13)12(14)15/h3-6H,7H2,1-2H3,(H,14,15). The Morgan fingerprint density at radius 1 is 1.50 bits per heavy atom. The fraction of sp³-hybridized carbons (Fsp3) is 0.250. The van der Waals surface area contributed by atoms with Crippen molar-refractivity contribution in [1.29, 1.82) is 0 Å². The van der Waals surface area contributed by atoms with E-state index in [4.69, 9.17) is 16.7 Å². The molecule has 0 aliphatic carbocycles. The summed E-state index contributed by atoms with van der Waals surface area (Å²) in [4.78, 5) is 11.7. The van der Waals surface area contributed by atoms with Gasteiger partial charge in [0.25, 0.3) is 0 Å². The van der Waals surface area contributed by atoms with E-state index in [2.05, 4.69) is 6.08 Å². The molecule has 0 atom stereocenters. The van der Waals surface area contributed by atoms with Crippen LogP contribution in [0.1, 0.15) is 24.2 Å². The zero-order chi connectivity index (χ0) is 12.1. The second-order valence-electron chi connectivity index (χ2n) is 3.52. The van der Waals surface area contributed by atoms with Crippen molar-refractivity contribution in [2.45, 2.75) is 18.7 Å². The van der Waals surface area contributed by atoms with Crippen LogP contribution in [0, 0.1) is 0 Å². The maximum atomic E-state index is 10.9. The molecular weight excluding hydrogens is 244 g/mol. The van der Waals surface area contributed by atoms with Gasteiger partial charge in [-0.3, -0.25) is 0 Å². The summed E-state index contributed by atoms with van der Waals surface area (Å²) in [6.45, 7) is 4.05. The van der Waals surface area contributed by atoms with E-state index < -0.39 is 5.97 Å². The number of hydrogen-bond acceptors (Lipinski definition) is 2. The number of benzene rings is 1. The van der Waals surface area contributed by atoms with E-state index >= 15 is 0 Å². The van der Waals surface area contributed by atoms with Crippen LogP contribution in [0.5, 0.6) is 0 Å². The molecule has 0 spiro atoms. The average molecular weight is 257 g/mol. The van der Waals surface area contributed by atoms with E-state index in [-0.39, 0.29) is 5.56 Å². The lowest BCUT2D eigenvalue weighted by Crippen LogP contribution is -1.97. The Hall–Kier alpha value is -0.930. The fourth-order valence-corrected chi connectivity index (χ4v) is 2.46. The van der Waals surface area contributed by atoms with E-state index in [1.807, 2.05) is 19.9 Å². The van der Waals surface area contributed by atoms with Crippen LogP contribution < -0.4 is 0 Å². The SMILES string of the molecule is CC(C)=CCSc1cccc(C(=O)O)c1Cl. The van der Waals surface area contributed by atoms with E-state index in [1.54, 1.807) is 6.07 Å². The summed E-state index contributed by atoms with van der Waals surface area (Å²) in [5.74, 6) is -0.194. The molecular formula is C12H13ClO2S. The molecule has 1 rings (SSSR count). The molecule has 0 amide bonds. The highest BCUT2D eigenvalue weighted by Gasteiger charge is 2.11. The predicted molar refractivity (Wildman–Crippen MR) is 68.6 cm³/mol. The summed E-state index contributed by atoms with van der Waals surface area (Å²) in [7, 11) is 0. The predicted octanol–water partition coefficient (Wildman–Crippen LogP) is 4.10. The van der Waals surface area contributed by atoms with Crippen LogP contribution in [0.4, 0.5) is 0 Å².